The van der Waals surface area contributed by atoms with Gasteiger partial charge in [0, 0.05) is 31.9 Å². The SMILES string of the molecule is CCNc1ccc(CN2CC3CCC2C3)cn1. The number of fused-ring (bicyclic) bond motifs is 2. The zero-order chi connectivity index (χ0) is 11.7. The van der Waals surface area contributed by atoms with Gasteiger partial charge in [-0.1, -0.05) is 6.07 Å². The summed E-state index contributed by atoms with van der Waals surface area (Å²) in [6.07, 6.45) is 6.32. The van der Waals surface area contributed by atoms with Crippen LogP contribution in [0.15, 0.2) is 18.3 Å². The molecule has 3 rings (SSSR count). The normalized spacial score (nSPS) is 27.6. The first kappa shape index (κ1) is 11.0. The summed E-state index contributed by atoms with van der Waals surface area (Å²) >= 11 is 0. The highest BCUT2D eigenvalue weighted by molar-refractivity contribution is 5.35. The molecule has 17 heavy (non-hydrogen) atoms. The summed E-state index contributed by atoms with van der Waals surface area (Å²) in [7, 11) is 0. The number of nitrogens with one attached hydrogen (secondary N) is 1. The molecule has 3 heteroatoms. The number of aromatic nitrogens is 1. The van der Waals surface area contributed by atoms with Crippen LogP contribution in [0.3, 0.4) is 0 Å². The Balaban J connectivity index is 1.61. The van der Waals surface area contributed by atoms with Crippen molar-refractivity contribution < 1.29 is 0 Å². The van der Waals surface area contributed by atoms with Crippen LogP contribution in [0, 0.1) is 5.92 Å². The van der Waals surface area contributed by atoms with Crippen molar-refractivity contribution in [3.63, 3.8) is 0 Å². The highest BCUT2D eigenvalue weighted by atomic mass is 15.2. The first-order valence-electron chi connectivity index (χ1n) is 6.78. The highest BCUT2D eigenvalue weighted by Crippen LogP contribution is 2.37. The predicted molar refractivity (Wildman–Crippen MR) is 69.9 cm³/mol. The monoisotopic (exact) mass is 231 g/mol. The predicted octanol–water partition coefficient (Wildman–Crippen LogP) is 2.50. The number of rotatable bonds is 4. The summed E-state index contributed by atoms with van der Waals surface area (Å²) in [4.78, 5) is 7.07. The largest absolute Gasteiger partial charge is 0.370 e. The summed E-state index contributed by atoms with van der Waals surface area (Å²) in [5.74, 6) is 1.97. The van der Waals surface area contributed by atoms with Gasteiger partial charge in [-0.2, -0.15) is 0 Å². The molecule has 1 aliphatic carbocycles. The third-order valence-electron chi connectivity index (χ3n) is 4.09. The molecule has 2 bridgehead atoms. The molecule has 1 aromatic heterocycles. The average molecular weight is 231 g/mol. The van der Waals surface area contributed by atoms with Crippen LogP contribution in [0.2, 0.25) is 0 Å². The highest BCUT2D eigenvalue weighted by Gasteiger charge is 2.37. The minimum Gasteiger partial charge on any atom is -0.370 e. The molecule has 1 N–H and O–H groups in total. The van der Waals surface area contributed by atoms with E-state index in [4.69, 9.17) is 0 Å². The van der Waals surface area contributed by atoms with Crippen LogP contribution in [0.25, 0.3) is 0 Å². The first-order valence-corrected chi connectivity index (χ1v) is 6.78. The smallest absolute Gasteiger partial charge is 0.125 e. The lowest BCUT2D eigenvalue weighted by molar-refractivity contribution is 0.205. The molecule has 1 aromatic rings. The average Bonchev–Trinajstić information content (AvgIpc) is 2.94. The molecule has 2 atom stereocenters. The van der Waals surface area contributed by atoms with Crippen molar-refractivity contribution in [1.29, 1.82) is 0 Å². The molecular weight excluding hydrogens is 210 g/mol. The second kappa shape index (κ2) is 4.65. The van der Waals surface area contributed by atoms with E-state index >= 15 is 0 Å². The molecule has 0 aromatic carbocycles. The molecule has 2 unspecified atom stereocenters. The molecule has 2 aliphatic rings. The van der Waals surface area contributed by atoms with Crippen LogP contribution in [0.1, 0.15) is 31.7 Å². The van der Waals surface area contributed by atoms with Crippen molar-refractivity contribution in [3.05, 3.63) is 23.9 Å². The maximum atomic E-state index is 4.43. The Hall–Kier alpha value is -1.09. The summed E-state index contributed by atoms with van der Waals surface area (Å²) in [5, 5.41) is 3.23. The Labute approximate surface area is 103 Å². The van der Waals surface area contributed by atoms with Crippen LogP contribution < -0.4 is 5.32 Å². The zero-order valence-corrected chi connectivity index (χ0v) is 10.5. The minimum atomic E-state index is 0.855. The summed E-state index contributed by atoms with van der Waals surface area (Å²) < 4.78 is 0. The van der Waals surface area contributed by atoms with Gasteiger partial charge >= 0.3 is 0 Å². The number of likely N-dealkylation sites (tertiary alicyclic amines) is 1. The van der Waals surface area contributed by atoms with E-state index in [1.54, 1.807) is 0 Å². The molecule has 0 spiro atoms. The van der Waals surface area contributed by atoms with Crippen molar-refractivity contribution >= 4 is 5.82 Å². The number of piperidine rings is 1. The molecule has 2 heterocycles. The topological polar surface area (TPSA) is 28.2 Å². The molecule has 92 valence electrons. The van der Waals surface area contributed by atoms with E-state index in [1.807, 2.05) is 6.20 Å². The molecule has 0 radical (unpaired) electrons. The Morgan fingerprint density at radius 3 is 2.94 bits per heavy atom. The van der Waals surface area contributed by atoms with E-state index in [0.717, 1.165) is 30.9 Å². The number of pyridine rings is 1. The van der Waals surface area contributed by atoms with E-state index in [2.05, 4.69) is 34.3 Å². The Bertz CT molecular complexity index is 374. The lowest BCUT2D eigenvalue weighted by Gasteiger charge is -2.26. The van der Waals surface area contributed by atoms with E-state index in [1.165, 1.54) is 31.4 Å². The fraction of sp³-hybridized carbons (Fsp3) is 0.643. The Morgan fingerprint density at radius 1 is 1.41 bits per heavy atom. The number of hydrogen-bond acceptors (Lipinski definition) is 3. The number of anilines is 1. The molecule has 1 aliphatic heterocycles. The Morgan fingerprint density at radius 2 is 2.35 bits per heavy atom. The van der Waals surface area contributed by atoms with Gasteiger partial charge in [0.25, 0.3) is 0 Å². The second-order valence-corrected chi connectivity index (χ2v) is 5.34. The minimum absolute atomic E-state index is 0.855. The standard InChI is InChI=1S/C14H21N3/c1-2-15-14-6-4-12(8-16-14)10-17-9-11-3-5-13(17)7-11/h4,6,8,11,13H,2-3,5,7,9-10H2,1H3,(H,15,16). The summed E-state index contributed by atoms with van der Waals surface area (Å²) in [6, 6.07) is 5.15. The van der Waals surface area contributed by atoms with Crippen LogP contribution in [-0.2, 0) is 6.54 Å². The maximum Gasteiger partial charge on any atom is 0.125 e. The van der Waals surface area contributed by atoms with Gasteiger partial charge in [-0.15, -0.1) is 0 Å². The van der Waals surface area contributed by atoms with Gasteiger partial charge in [0.15, 0.2) is 0 Å². The first-order chi connectivity index (χ1) is 8.35. The quantitative estimate of drug-likeness (QED) is 0.863. The molecule has 1 saturated heterocycles. The fourth-order valence-corrected chi connectivity index (χ4v) is 3.26. The van der Waals surface area contributed by atoms with Gasteiger partial charge in [-0.3, -0.25) is 4.90 Å². The molecular formula is C14H21N3. The lowest BCUT2D eigenvalue weighted by Crippen LogP contribution is -2.31. The van der Waals surface area contributed by atoms with Gasteiger partial charge in [-0.25, -0.2) is 4.98 Å². The molecule has 2 fully saturated rings. The van der Waals surface area contributed by atoms with Crippen LogP contribution >= 0.6 is 0 Å². The molecule has 3 nitrogen and oxygen atoms in total. The van der Waals surface area contributed by atoms with E-state index in [9.17, 15) is 0 Å². The van der Waals surface area contributed by atoms with Crippen molar-refractivity contribution in [3.8, 4) is 0 Å². The van der Waals surface area contributed by atoms with Crippen molar-refractivity contribution in [2.45, 2.75) is 38.8 Å². The van der Waals surface area contributed by atoms with Gasteiger partial charge < -0.3 is 5.32 Å². The summed E-state index contributed by atoms with van der Waals surface area (Å²) in [5.41, 5.74) is 1.35. The van der Waals surface area contributed by atoms with E-state index < -0.39 is 0 Å². The molecule has 0 amide bonds. The van der Waals surface area contributed by atoms with Crippen LogP contribution in [-0.4, -0.2) is 29.0 Å². The fourth-order valence-electron chi connectivity index (χ4n) is 3.26. The van der Waals surface area contributed by atoms with E-state index in [-0.39, 0.29) is 0 Å². The van der Waals surface area contributed by atoms with Gasteiger partial charge in [0.1, 0.15) is 5.82 Å². The van der Waals surface area contributed by atoms with Gasteiger partial charge in [0.05, 0.1) is 0 Å². The zero-order valence-electron chi connectivity index (χ0n) is 10.5. The third kappa shape index (κ3) is 2.29. The Kier molecular flexibility index (Phi) is 3.02. The molecule has 1 saturated carbocycles. The number of hydrogen-bond donors (Lipinski definition) is 1. The third-order valence-corrected chi connectivity index (χ3v) is 4.09. The second-order valence-electron chi connectivity index (χ2n) is 5.34. The number of nitrogens with zero attached hydrogens (tertiary/aromatic N) is 2. The van der Waals surface area contributed by atoms with E-state index in [0.29, 0.717) is 0 Å². The van der Waals surface area contributed by atoms with Crippen molar-refractivity contribution in [2.24, 2.45) is 5.92 Å². The van der Waals surface area contributed by atoms with Gasteiger partial charge in [-0.05, 0) is 43.7 Å². The lowest BCUT2D eigenvalue weighted by atomic mass is 10.1. The van der Waals surface area contributed by atoms with Crippen molar-refractivity contribution in [1.82, 2.24) is 9.88 Å². The summed E-state index contributed by atoms with van der Waals surface area (Å²) in [6.45, 7) is 5.42. The maximum absolute atomic E-state index is 4.43. The van der Waals surface area contributed by atoms with Crippen LogP contribution in [0.5, 0.6) is 0 Å². The van der Waals surface area contributed by atoms with Crippen molar-refractivity contribution in [2.75, 3.05) is 18.4 Å². The van der Waals surface area contributed by atoms with Gasteiger partial charge in [0.2, 0.25) is 0 Å². The van der Waals surface area contributed by atoms with Crippen LogP contribution in [0.4, 0.5) is 5.82 Å².